The number of nitrogens with zero attached hydrogens (tertiary/aromatic N) is 2. The van der Waals surface area contributed by atoms with Crippen molar-refractivity contribution in [3.8, 4) is 0 Å². The van der Waals surface area contributed by atoms with Gasteiger partial charge in [0.25, 0.3) is 0 Å². The van der Waals surface area contributed by atoms with Crippen LogP contribution in [0.2, 0.25) is 0 Å². The number of amides is 2. The van der Waals surface area contributed by atoms with Gasteiger partial charge in [-0.15, -0.1) is 0 Å². The molecule has 1 saturated heterocycles. The Morgan fingerprint density at radius 1 is 1.19 bits per heavy atom. The lowest BCUT2D eigenvalue weighted by Crippen LogP contribution is -2.53. The Morgan fingerprint density at radius 3 is 2.78 bits per heavy atom. The zero-order chi connectivity index (χ0) is 26.3. The monoisotopic (exact) mass is 513 g/mol. The van der Waals surface area contributed by atoms with Crippen molar-refractivity contribution >= 4 is 23.6 Å². The molecule has 1 saturated carbocycles. The SMILES string of the molecule is CC1(C(=O)NC(CNC(=O)C2CCCN(CCCc3ccc4c(n3)NCCC4)C2)C(=O)O)CCCCC1. The van der Waals surface area contributed by atoms with Crippen molar-refractivity contribution in [3.63, 3.8) is 0 Å². The molecule has 2 amide bonds. The summed E-state index contributed by atoms with van der Waals surface area (Å²) in [6.45, 7) is 5.35. The molecule has 0 aromatic carbocycles. The van der Waals surface area contributed by atoms with Gasteiger partial charge in [0.1, 0.15) is 11.9 Å². The lowest BCUT2D eigenvalue weighted by atomic mass is 9.75. The molecule has 1 aromatic heterocycles. The van der Waals surface area contributed by atoms with Gasteiger partial charge < -0.3 is 26.0 Å². The zero-order valence-corrected chi connectivity index (χ0v) is 22.2. The highest BCUT2D eigenvalue weighted by Crippen LogP contribution is 2.36. The Kier molecular flexibility index (Phi) is 9.40. The molecule has 2 aliphatic heterocycles. The molecule has 2 fully saturated rings. The van der Waals surface area contributed by atoms with Gasteiger partial charge in [0.05, 0.1) is 5.92 Å². The first-order valence-electron chi connectivity index (χ1n) is 14.1. The Bertz CT molecular complexity index is 962. The van der Waals surface area contributed by atoms with Crippen LogP contribution in [0.3, 0.4) is 0 Å². The summed E-state index contributed by atoms with van der Waals surface area (Å²) >= 11 is 0. The molecular weight excluding hydrogens is 470 g/mol. The number of hydrogen-bond donors (Lipinski definition) is 4. The maximum atomic E-state index is 12.9. The number of nitrogens with one attached hydrogen (secondary N) is 3. The Balaban J connectivity index is 1.21. The van der Waals surface area contributed by atoms with Crippen LogP contribution >= 0.6 is 0 Å². The van der Waals surface area contributed by atoms with Gasteiger partial charge in [0.2, 0.25) is 11.8 Å². The summed E-state index contributed by atoms with van der Waals surface area (Å²) in [7, 11) is 0. The van der Waals surface area contributed by atoms with E-state index in [1.807, 2.05) is 6.92 Å². The highest BCUT2D eigenvalue weighted by atomic mass is 16.4. The van der Waals surface area contributed by atoms with E-state index in [0.29, 0.717) is 6.54 Å². The minimum Gasteiger partial charge on any atom is -0.480 e. The van der Waals surface area contributed by atoms with Crippen molar-refractivity contribution in [2.45, 2.75) is 83.6 Å². The molecule has 3 heterocycles. The molecule has 4 N–H and O–H groups in total. The number of rotatable bonds is 10. The average molecular weight is 514 g/mol. The fourth-order valence-electron chi connectivity index (χ4n) is 5.90. The maximum Gasteiger partial charge on any atom is 0.328 e. The highest BCUT2D eigenvalue weighted by molar-refractivity contribution is 5.88. The predicted octanol–water partition coefficient (Wildman–Crippen LogP) is 2.74. The molecule has 1 aromatic rings. The number of carboxylic acid groups (broad SMARTS) is 1. The first-order chi connectivity index (χ1) is 17.8. The van der Waals surface area contributed by atoms with Crippen LogP contribution < -0.4 is 16.0 Å². The summed E-state index contributed by atoms with van der Waals surface area (Å²) in [5.41, 5.74) is 1.88. The Hall–Kier alpha value is -2.68. The van der Waals surface area contributed by atoms with Gasteiger partial charge in [-0.1, -0.05) is 32.3 Å². The molecule has 0 spiro atoms. The third-order valence-electron chi connectivity index (χ3n) is 8.32. The molecule has 2 atom stereocenters. The molecule has 37 heavy (non-hydrogen) atoms. The number of aryl methyl sites for hydroxylation is 2. The summed E-state index contributed by atoms with van der Waals surface area (Å²) < 4.78 is 0. The average Bonchev–Trinajstić information content (AvgIpc) is 2.91. The van der Waals surface area contributed by atoms with Gasteiger partial charge in [-0.05, 0) is 76.1 Å². The number of hydrogen-bond acceptors (Lipinski definition) is 6. The number of aromatic nitrogens is 1. The van der Waals surface area contributed by atoms with Gasteiger partial charge in [-0.3, -0.25) is 9.59 Å². The molecule has 9 heteroatoms. The minimum absolute atomic E-state index is 0.0927. The van der Waals surface area contributed by atoms with E-state index >= 15 is 0 Å². The van der Waals surface area contributed by atoms with Crippen molar-refractivity contribution in [2.24, 2.45) is 11.3 Å². The van der Waals surface area contributed by atoms with E-state index in [9.17, 15) is 19.5 Å². The van der Waals surface area contributed by atoms with E-state index in [1.165, 1.54) is 5.56 Å². The Labute approximate surface area is 220 Å². The molecule has 0 radical (unpaired) electrons. The molecule has 2 unspecified atom stereocenters. The van der Waals surface area contributed by atoms with Gasteiger partial charge >= 0.3 is 5.97 Å². The summed E-state index contributed by atoms with van der Waals surface area (Å²) in [6.07, 6.45) is 10.5. The number of anilines is 1. The van der Waals surface area contributed by atoms with Crippen LogP contribution in [-0.4, -0.2) is 71.5 Å². The molecule has 4 rings (SSSR count). The first-order valence-corrected chi connectivity index (χ1v) is 14.1. The van der Waals surface area contributed by atoms with E-state index in [1.54, 1.807) is 0 Å². The first kappa shape index (κ1) is 27.4. The molecular formula is C28H43N5O4. The maximum absolute atomic E-state index is 12.9. The van der Waals surface area contributed by atoms with Gasteiger partial charge in [0.15, 0.2) is 0 Å². The number of aliphatic carboxylic acids is 1. The van der Waals surface area contributed by atoms with E-state index in [4.69, 9.17) is 4.98 Å². The fraction of sp³-hybridized carbons (Fsp3) is 0.714. The van der Waals surface area contributed by atoms with E-state index in [0.717, 1.165) is 102 Å². The summed E-state index contributed by atoms with van der Waals surface area (Å²) in [5, 5.41) is 18.5. The summed E-state index contributed by atoms with van der Waals surface area (Å²) in [5.74, 6) is -0.606. The molecule has 3 aliphatic rings. The van der Waals surface area contributed by atoms with Crippen molar-refractivity contribution in [1.82, 2.24) is 20.5 Å². The normalized spacial score (nSPS) is 22.2. The predicted molar refractivity (Wildman–Crippen MR) is 142 cm³/mol. The van der Waals surface area contributed by atoms with Crippen LogP contribution in [0.15, 0.2) is 12.1 Å². The van der Waals surface area contributed by atoms with Crippen LogP contribution in [-0.2, 0) is 27.2 Å². The van der Waals surface area contributed by atoms with Crippen LogP contribution in [0.1, 0.15) is 76.0 Å². The van der Waals surface area contributed by atoms with E-state index < -0.39 is 17.4 Å². The number of fused-ring (bicyclic) bond motifs is 1. The quantitative estimate of drug-likeness (QED) is 0.379. The molecule has 1 aliphatic carbocycles. The third kappa shape index (κ3) is 7.43. The fourth-order valence-corrected chi connectivity index (χ4v) is 5.90. The van der Waals surface area contributed by atoms with Crippen molar-refractivity contribution in [1.29, 1.82) is 0 Å². The smallest absolute Gasteiger partial charge is 0.328 e. The topological polar surface area (TPSA) is 124 Å². The van der Waals surface area contributed by atoms with Crippen LogP contribution in [0.5, 0.6) is 0 Å². The van der Waals surface area contributed by atoms with Gasteiger partial charge in [-0.2, -0.15) is 0 Å². The second-order valence-electron chi connectivity index (χ2n) is 11.3. The van der Waals surface area contributed by atoms with Gasteiger partial charge in [-0.25, -0.2) is 9.78 Å². The molecule has 204 valence electrons. The summed E-state index contributed by atoms with van der Waals surface area (Å²) in [6, 6.07) is 3.20. The lowest BCUT2D eigenvalue weighted by molar-refractivity contribution is -0.144. The standard InChI is InChI=1S/C28H43N5O4/c1-28(13-3-2-4-14-28)27(37)32-23(26(35)36)18-30-25(34)21-9-6-16-33(19-21)17-7-10-22-12-11-20-8-5-15-29-24(20)31-22/h11-12,21,23H,2-10,13-19H2,1H3,(H,29,31)(H,30,34)(H,32,37)(H,35,36). The van der Waals surface area contributed by atoms with Crippen molar-refractivity contribution in [3.05, 3.63) is 23.4 Å². The van der Waals surface area contributed by atoms with Crippen LogP contribution in [0, 0.1) is 11.3 Å². The highest BCUT2D eigenvalue weighted by Gasteiger charge is 2.37. The Morgan fingerprint density at radius 2 is 2.00 bits per heavy atom. The summed E-state index contributed by atoms with van der Waals surface area (Å²) in [4.78, 5) is 44.6. The number of pyridine rings is 1. The van der Waals surface area contributed by atoms with Gasteiger partial charge in [0, 0.05) is 30.7 Å². The van der Waals surface area contributed by atoms with Crippen LogP contribution in [0.25, 0.3) is 0 Å². The largest absolute Gasteiger partial charge is 0.480 e. The second kappa shape index (κ2) is 12.7. The van der Waals surface area contributed by atoms with Crippen molar-refractivity contribution < 1.29 is 19.5 Å². The number of likely N-dealkylation sites (tertiary alicyclic amines) is 1. The van der Waals surface area contributed by atoms with Crippen molar-refractivity contribution in [2.75, 3.05) is 38.0 Å². The van der Waals surface area contributed by atoms with E-state index in [-0.39, 0.29) is 24.3 Å². The number of piperidine rings is 1. The second-order valence-corrected chi connectivity index (χ2v) is 11.3. The van der Waals surface area contributed by atoms with Crippen LogP contribution in [0.4, 0.5) is 5.82 Å². The third-order valence-corrected chi connectivity index (χ3v) is 8.32. The lowest BCUT2D eigenvalue weighted by Gasteiger charge is -2.33. The molecule has 0 bridgehead atoms. The van der Waals surface area contributed by atoms with E-state index in [2.05, 4.69) is 33.0 Å². The zero-order valence-electron chi connectivity index (χ0n) is 22.2. The number of carboxylic acids is 1. The number of carbonyl (C=O) groups excluding carboxylic acids is 2. The number of carbonyl (C=O) groups is 3. The molecule has 9 nitrogen and oxygen atoms in total. The minimum atomic E-state index is -1.12.